The molecule has 0 bridgehead atoms. The Morgan fingerprint density at radius 2 is 1.65 bits per heavy atom. The van der Waals surface area contributed by atoms with Gasteiger partial charge in [-0.3, -0.25) is 19.3 Å². The molecule has 3 amide bonds. The van der Waals surface area contributed by atoms with Crippen LogP contribution in [0.1, 0.15) is 33.8 Å². The normalized spacial score (nSPS) is 21.2. The summed E-state index contributed by atoms with van der Waals surface area (Å²) in [6, 6.07) is 7.50. The molecule has 37 heavy (non-hydrogen) atoms. The molecule has 1 aromatic heterocycles. The lowest BCUT2D eigenvalue weighted by molar-refractivity contribution is -0.141. The number of methoxy groups -OCH3 is 2. The maximum absolute atomic E-state index is 13.6. The van der Waals surface area contributed by atoms with Gasteiger partial charge in [0.15, 0.2) is 17.3 Å². The van der Waals surface area contributed by atoms with Gasteiger partial charge in [-0.2, -0.15) is 0 Å². The number of rotatable bonds is 5. The summed E-state index contributed by atoms with van der Waals surface area (Å²) in [7, 11) is 3.06. The Morgan fingerprint density at radius 1 is 0.919 bits per heavy atom. The van der Waals surface area contributed by atoms with E-state index in [0.717, 1.165) is 0 Å². The van der Waals surface area contributed by atoms with Gasteiger partial charge in [0.1, 0.15) is 11.8 Å². The fraction of sp³-hybridized carbons (Fsp3) is 0.500. The number of amides is 3. The summed E-state index contributed by atoms with van der Waals surface area (Å²) in [6.07, 6.45) is 2.16. The van der Waals surface area contributed by atoms with Crippen LogP contribution >= 0.6 is 0 Å². The summed E-state index contributed by atoms with van der Waals surface area (Å²) >= 11 is 0. The lowest BCUT2D eigenvalue weighted by Crippen LogP contribution is -2.60. The van der Waals surface area contributed by atoms with Crippen LogP contribution in [0.4, 0.5) is 0 Å². The van der Waals surface area contributed by atoms with Crippen molar-refractivity contribution in [2.75, 3.05) is 60.2 Å². The van der Waals surface area contributed by atoms with Crippen molar-refractivity contribution in [3.8, 4) is 11.5 Å². The average Bonchev–Trinajstić information content (AvgIpc) is 3.61. The average molecular weight is 514 g/mol. The van der Waals surface area contributed by atoms with Crippen LogP contribution in [-0.2, 0) is 14.3 Å². The molecule has 1 atom stereocenters. The van der Waals surface area contributed by atoms with Crippen molar-refractivity contribution in [2.45, 2.75) is 24.6 Å². The van der Waals surface area contributed by atoms with E-state index in [2.05, 4.69) is 0 Å². The maximum atomic E-state index is 13.6. The third-order valence-corrected chi connectivity index (χ3v) is 7.28. The summed E-state index contributed by atoms with van der Waals surface area (Å²) in [5.41, 5.74) is -0.532. The quantitative estimate of drug-likeness (QED) is 0.593. The van der Waals surface area contributed by atoms with Crippen molar-refractivity contribution < 1.29 is 37.7 Å². The van der Waals surface area contributed by atoms with Gasteiger partial charge < -0.3 is 33.2 Å². The van der Waals surface area contributed by atoms with Gasteiger partial charge >= 0.3 is 0 Å². The molecule has 198 valence electrons. The molecule has 5 rings (SSSR count). The first-order valence-electron chi connectivity index (χ1n) is 12.4. The number of hydrogen-bond donors (Lipinski definition) is 0. The highest BCUT2D eigenvalue weighted by Crippen LogP contribution is 2.39. The second kappa shape index (κ2) is 10.4. The van der Waals surface area contributed by atoms with Crippen molar-refractivity contribution in [3.05, 3.63) is 47.9 Å². The molecular formula is C26H31N3O8. The van der Waals surface area contributed by atoms with Gasteiger partial charge in [-0.25, -0.2) is 0 Å². The number of carbonyl (C=O) groups excluding carboxylic acids is 3. The molecule has 1 aromatic carbocycles. The van der Waals surface area contributed by atoms with Crippen molar-refractivity contribution in [1.29, 1.82) is 0 Å². The van der Waals surface area contributed by atoms with E-state index in [1.165, 1.54) is 20.5 Å². The third-order valence-electron chi connectivity index (χ3n) is 7.28. The molecule has 3 aliphatic heterocycles. The molecule has 0 radical (unpaired) electrons. The van der Waals surface area contributed by atoms with E-state index < -0.39 is 17.7 Å². The standard InChI is InChI=1S/C26H31N3O8/c1-33-20-6-5-18(16-22(20)34-2)23(30)27-9-7-26(8-10-27)29(25(32)21-4-3-13-36-21)19(17-37-26)24(31)28-11-14-35-15-12-28/h3-6,13,16,19H,7-12,14-15,17H2,1-2H3. The molecule has 3 fully saturated rings. The summed E-state index contributed by atoms with van der Waals surface area (Å²) in [5.74, 6) is 0.449. The first-order valence-corrected chi connectivity index (χ1v) is 12.4. The lowest BCUT2D eigenvalue weighted by Gasteiger charge is -2.44. The minimum Gasteiger partial charge on any atom is -0.493 e. The molecule has 4 heterocycles. The van der Waals surface area contributed by atoms with Gasteiger partial charge in [0.05, 0.1) is 40.3 Å². The summed E-state index contributed by atoms with van der Waals surface area (Å²) in [5, 5.41) is 0. The van der Waals surface area contributed by atoms with E-state index in [1.807, 2.05) is 0 Å². The van der Waals surface area contributed by atoms with Gasteiger partial charge in [0, 0.05) is 44.6 Å². The van der Waals surface area contributed by atoms with Crippen LogP contribution in [0.2, 0.25) is 0 Å². The van der Waals surface area contributed by atoms with Gasteiger partial charge in [-0.05, 0) is 30.3 Å². The molecule has 0 N–H and O–H groups in total. The smallest absolute Gasteiger partial charge is 0.292 e. The molecule has 1 spiro atoms. The van der Waals surface area contributed by atoms with Gasteiger partial charge in [-0.1, -0.05) is 0 Å². The summed E-state index contributed by atoms with van der Waals surface area (Å²) in [6.45, 7) is 2.67. The Balaban J connectivity index is 1.35. The Labute approximate surface area is 214 Å². The second-order valence-corrected chi connectivity index (χ2v) is 9.23. The fourth-order valence-corrected chi connectivity index (χ4v) is 5.28. The first-order chi connectivity index (χ1) is 18.0. The minimum atomic E-state index is -1.01. The van der Waals surface area contributed by atoms with Crippen LogP contribution in [0.25, 0.3) is 0 Å². The molecule has 2 aromatic rings. The van der Waals surface area contributed by atoms with E-state index >= 15 is 0 Å². The van der Waals surface area contributed by atoms with Gasteiger partial charge in [0.25, 0.3) is 11.8 Å². The highest BCUT2D eigenvalue weighted by Gasteiger charge is 2.55. The first kappa shape index (κ1) is 25.1. The van der Waals surface area contributed by atoms with Crippen LogP contribution in [0, 0.1) is 0 Å². The number of ether oxygens (including phenoxy) is 4. The second-order valence-electron chi connectivity index (χ2n) is 9.23. The zero-order chi connectivity index (χ0) is 26.0. The molecule has 11 nitrogen and oxygen atoms in total. The van der Waals surface area contributed by atoms with Crippen LogP contribution in [-0.4, -0.2) is 104 Å². The predicted molar refractivity (Wildman–Crippen MR) is 129 cm³/mol. The Morgan fingerprint density at radius 3 is 2.30 bits per heavy atom. The zero-order valence-electron chi connectivity index (χ0n) is 21.0. The van der Waals surface area contributed by atoms with Gasteiger partial charge in [-0.15, -0.1) is 0 Å². The van der Waals surface area contributed by atoms with Crippen molar-refractivity contribution >= 4 is 17.7 Å². The van der Waals surface area contributed by atoms with Crippen LogP contribution < -0.4 is 9.47 Å². The Kier molecular flexibility index (Phi) is 7.07. The van der Waals surface area contributed by atoms with E-state index in [4.69, 9.17) is 23.4 Å². The Bertz CT molecular complexity index is 1140. The zero-order valence-corrected chi connectivity index (χ0v) is 21.0. The maximum Gasteiger partial charge on any atom is 0.292 e. The summed E-state index contributed by atoms with van der Waals surface area (Å²) in [4.78, 5) is 45.3. The molecule has 0 saturated carbocycles. The summed E-state index contributed by atoms with van der Waals surface area (Å²) < 4.78 is 27.6. The topological polar surface area (TPSA) is 111 Å². The predicted octanol–water partition coefficient (Wildman–Crippen LogP) is 1.63. The molecule has 3 aliphatic rings. The minimum absolute atomic E-state index is 0.0895. The van der Waals surface area contributed by atoms with Gasteiger partial charge in [0.2, 0.25) is 5.91 Å². The van der Waals surface area contributed by atoms with Crippen LogP contribution in [0.15, 0.2) is 41.0 Å². The van der Waals surface area contributed by atoms with E-state index in [-0.39, 0.29) is 24.2 Å². The van der Waals surface area contributed by atoms with E-state index in [9.17, 15) is 14.4 Å². The monoisotopic (exact) mass is 513 g/mol. The molecule has 1 unspecified atom stereocenters. The number of nitrogens with zero attached hydrogens (tertiary/aromatic N) is 3. The number of likely N-dealkylation sites (tertiary alicyclic amines) is 1. The number of furan rings is 1. The van der Waals surface area contributed by atoms with Crippen molar-refractivity contribution in [1.82, 2.24) is 14.7 Å². The number of piperidine rings is 1. The number of carbonyl (C=O) groups is 3. The number of morpholine rings is 1. The van der Waals surface area contributed by atoms with E-state index in [0.29, 0.717) is 69.3 Å². The highest BCUT2D eigenvalue weighted by atomic mass is 16.5. The van der Waals surface area contributed by atoms with Crippen LogP contribution in [0.3, 0.4) is 0 Å². The fourth-order valence-electron chi connectivity index (χ4n) is 5.28. The molecule has 0 aliphatic carbocycles. The van der Waals surface area contributed by atoms with Crippen molar-refractivity contribution in [3.63, 3.8) is 0 Å². The van der Waals surface area contributed by atoms with Crippen molar-refractivity contribution in [2.24, 2.45) is 0 Å². The Hall–Kier alpha value is -3.57. The largest absolute Gasteiger partial charge is 0.493 e. The highest BCUT2D eigenvalue weighted by molar-refractivity contribution is 5.97. The van der Waals surface area contributed by atoms with Crippen LogP contribution in [0.5, 0.6) is 11.5 Å². The SMILES string of the molecule is COc1ccc(C(=O)N2CCC3(CC2)OCC(C(=O)N2CCOCC2)N3C(=O)c2ccco2)cc1OC. The van der Waals surface area contributed by atoms with E-state index in [1.54, 1.807) is 45.0 Å². The number of hydrogen-bond acceptors (Lipinski definition) is 8. The molecule has 3 saturated heterocycles. The molecular weight excluding hydrogens is 482 g/mol. The molecule has 11 heteroatoms. The third kappa shape index (κ3) is 4.64. The number of benzene rings is 1. The lowest BCUT2D eigenvalue weighted by atomic mass is 9.96.